The molecule has 0 saturated carbocycles. The normalized spacial score (nSPS) is 11.2. The zero-order valence-corrected chi connectivity index (χ0v) is 11.3. The lowest BCUT2D eigenvalue weighted by Gasteiger charge is -2.08. The number of hydrogen-bond acceptors (Lipinski definition) is 2. The van der Waals surface area contributed by atoms with Gasteiger partial charge in [0.15, 0.2) is 0 Å². The summed E-state index contributed by atoms with van der Waals surface area (Å²) in [5.74, 6) is -0.329. The summed E-state index contributed by atoms with van der Waals surface area (Å²) in [7, 11) is 0. The molecule has 0 radical (unpaired) electrons. The molecule has 0 bridgehead atoms. The van der Waals surface area contributed by atoms with Crippen LogP contribution in [0, 0.1) is 0 Å². The maximum atomic E-state index is 12.4. The monoisotopic (exact) mass is 294 g/mol. The summed E-state index contributed by atoms with van der Waals surface area (Å²) in [6, 6.07) is 10.9. The Labute approximate surface area is 120 Å². The molecule has 0 atom stereocenters. The molecule has 110 valence electrons. The van der Waals surface area contributed by atoms with Crippen LogP contribution < -0.4 is 4.74 Å². The Morgan fingerprint density at radius 1 is 1.00 bits per heavy atom. The minimum absolute atomic E-state index is 0.0718. The number of alkyl halides is 3. The van der Waals surface area contributed by atoms with E-state index in [0.717, 1.165) is 36.2 Å². The quantitative estimate of drug-likeness (QED) is 0.616. The van der Waals surface area contributed by atoms with E-state index < -0.39 is 17.7 Å². The highest BCUT2D eigenvalue weighted by Gasteiger charge is 2.30. The maximum absolute atomic E-state index is 12.4. The summed E-state index contributed by atoms with van der Waals surface area (Å²) < 4.78 is 42.4. The Bertz CT molecular complexity index is 613. The molecule has 0 amide bonds. The van der Waals surface area contributed by atoms with Gasteiger partial charge in [-0.05, 0) is 48.4 Å². The minimum Gasteiger partial charge on any atom is -0.423 e. The van der Waals surface area contributed by atoms with Crippen molar-refractivity contribution in [3.05, 3.63) is 65.2 Å². The van der Waals surface area contributed by atoms with E-state index in [4.69, 9.17) is 4.74 Å². The molecule has 0 spiro atoms. The molecular formula is C16H13F3O2. The van der Waals surface area contributed by atoms with Crippen molar-refractivity contribution in [3.63, 3.8) is 0 Å². The number of ether oxygens (including phenoxy) is 1. The van der Waals surface area contributed by atoms with Crippen molar-refractivity contribution < 1.29 is 22.7 Å². The zero-order chi connectivity index (χ0) is 15.5. The lowest BCUT2D eigenvalue weighted by Crippen LogP contribution is -2.10. The molecule has 0 fully saturated rings. The van der Waals surface area contributed by atoms with Gasteiger partial charge in [-0.25, -0.2) is 4.79 Å². The van der Waals surface area contributed by atoms with E-state index in [9.17, 15) is 18.0 Å². The third-order valence-electron chi connectivity index (χ3n) is 2.99. The van der Waals surface area contributed by atoms with Gasteiger partial charge < -0.3 is 4.74 Å². The van der Waals surface area contributed by atoms with Crippen molar-refractivity contribution in [2.45, 2.75) is 19.5 Å². The highest BCUT2D eigenvalue weighted by Crippen LogP contribution is 2.29. The van der Waals surface area contributed by atoms with Crippen LogP contribution in [0.4, 0.5) is 13.2 Å². The molecule has 0 saturated heterocycles. The van der Waals surface area contributed by atoms with Crippen LogP contribution >= 0.6 is 0 Å². The molecule has 0 aliphatic heterocycles. The lowest BCUT2D eigenvalue weighted by molar-refractivity contribution is -0.137. The van der Waals surface area contributed by atoms with E-state index in [-0.39, 0.29) is 5.56 Å². The van der Waals surface area contributed by atoms with Crippen molar-refractivity contribution in [2.75, 3.05) is 0 Å². The Balaban J connectivity index is 2.09. The standard InChI is InChI=1S/C16H13F3O2/c1-2-11-3-9-14(10-4-11)21-15(20)12-5-7-13(8-6-12)16(17,18)19/h3-10H,2H2,1H3. The van der Waals surface area contributed by atoms with E-state index in [1.807, 2.05) is 19.1 Å². The van der Waals surface area contributed by atoms with Crippen molar-refractivity contribution in [1.82, 2.24) is 0 Å². The number of carbonyl (C=O) groups is 1. The largest absolute Gasteiger partial charge is 0.423 e. The number of halogens is 3. The van der Waals surface area contributed by atoms with Gasteiger partial charge in [0.25, 0.3) is 0 Å². The highest BCUT2D eigenvalue weighted by molar-refractivity contribution is 5.91. The summed E-state index contributed by atoms with van der Waals surface area (Å²) >= 11 is 0. The fourth-order valence-electron chi connectivity index (χ4n) is 1.75. The summed E-state index contributed by atoms with van der Waals surface area (Å²) in [6.45, 7) is 2.00. The molecule has 0 aliphatic rings. The molecule has 0 N–H and O–H groups in total. The number of aryl methyl sites for hydroxylation is 1. The SMILES string of the molecule is CCc1ccc(OC(=O)c2ccc(C(F)(F)F)cc2)cc1. The molecule has 0 aliphatic carbocycles. The predicted molar refractivity (Wildman–Crippen MR) is 72.2 cm³/mol. The fourth-order valence-corrected chi connectivity index (χ4v) is 1.75. The van der Waals surface area contributed by atoms with Crippen LogP contribution in [0.1, 0.15) is 28.4 Å². The third kappa shape index (κ3) is 3.84. The molecule has 2 aromatic carbocycles. The number of carbonyl (C=O) groups excluding carboxylic acids is 1. The van der Waals surface area contributed by atoms with Gasteiger partial charge in [-0.2, -0.15) is 13.2 Å². The molecule has 2 aromatic rings. The minimum atomic E-state index is -4.42. The first-order valence-electron chi connectivity index (χ1n) is 6.38. The molecule has 0 unspecified atom stereocenters. The van der Waals surface area contributed by atoms with Gasteiger partial charge in [0.1, 0.15) is 5.75 Å². The summed E-state index contributed by atoms with van der Waals surface area (Å²) in [5.41, 5.74) is 0.373. The Hall–Kier alpha value is -2.30. The van der Waals surface area contributed by atoms with E-state index in [1.54, 1.807) is 12.1 Å². The van der Waals surface area contributed by atoms with E-state index >= 15 is 0 Å². The van der Waals surface area contributed by atoms with Crippen molar-refractivity contribution >= 4 is 5.97 Å². The first kappa shape index (κ1) is 15.1. The first-order valence-corrected chi connectivity index (χ1v) is 6.38. The summed E-state index contributed by atoms with van der Waals surface area (Å²) in [6.07, 6.45) is -3.55. The predicted octanol–water partition coefficient (Wildman–Crippen LogP) is 4.49. The highest BCUT2D eigenvalue weighted by atomic mass is 19.4. The van der Waals surface area contributed by atoms with Crippen LogP contribution in [-0.2, 0) is 12.6 Å². The first-order chi connectivity index (χ1) is 9.90. The van der Waals surface area contributed by atoms with E-state index in [1.165, 1.54) is 0 Å². The molecule has 21 heavy (non-hydrogen) atoms. The van der Waals surface area contributed by atoms with Crippen LogP contribution in [0.5, 0.6) is 5.75 Å². The second-order valence-corrected chi connectivity index (χ2v) is 4.46. The lowest BCUT2D eigenvalue weighted by atomic mass is 10.1. The second kappa shape index (κ2) is 5.99. The molecular weight excluding hydrogens is 281 g/mol. The smallest absolute Gasteiger partial charge is 0.416 e. The van der Waals surface area contributed by atoms with Gasteiger partial charge in [-0.3, -0.25) is 0 Å². The third-order valence-corrected chi connectivity index (χ3v) is 2.99. The van der Waals surface area contributed by atoms with Crippen molar-refractivity contribution in [3.8, 4) is 5.75 Å². The van der Waals surface area contributed by atoms with Crippen LogP contribution in [0.15, 0.2) is 48.5 Å². The molecule has 5 heteroatoms. The van der Waals surface area contributed by atoms with Crippen LogP contribution in [0.2, 0.25) is 0 Å². The molecule has 0 aromatic heterocycles. The Kier molecular flexibility index (Phi) is 4.31. The van der Waals surface area contributed by atoms with Gasteiger partial charge >= 0.3 is 12.1 Å². The number of hydrogen-bond donors (Lipinski definition) is 0. The summed E-state index contributed by atoms with van der Waals surface area (Å²) in [4.78, 5) is 11.8. The van der Waals surface area contributed by atoms with Gasteiger partial charge in [0, 0.05) is 0 Å². The maximum Gasteiger partial charge on any atom is 0.416 e. The second-order valence-electron chi connectivity index (χ2n) is 4.46. The summed E-state index contributed by atoms with van der Waals surface area (Å²) in [5, 5.41) is 0. The number of esters is 1. The average molecular weight is 294 g/mol. The van der Waals surface area contributed by atoms with Gasteiger partial charge in [0.2, 0.25) is 0 Å². The van der Waals surface area contributed by atoms with Gasteiger partial charge in [-0.15, -0.1) is 0 Å². The topological polar surface area (TPSA) is 26.3 Å². The zero-order valence-electron chi connectivity index (χ0n) is 11.3. The van der Waals surface area contributed by atoms with Crippen molar-refractivity contribution in [2.24, 2.45) is 0 Å². The Morgan fingerprint density at radius 2 is 1.57 bits per heavy atom. The van der Waals surface area contributed by atoms with Gasteiger partial charge in [-0.1, -0.05) is 19.1 Å². The molecule has 2 nitrogen and oxygen atoms in total. The number of benzene rings is 2. The van der Waals surface area contributed by atoms with Crippen LogP contribution in [-0.4, -0.2) is 5.97 Å². The Morgan fingerprint density at radius 3 is 2.05 bits per heavy atom. The average Bonchev–Trinajstić information content (AvgIpc) is 2.47. The van der Waals surface area contributed by atoms with Crippen molar-refractivity contribution in [1.29, 1.82) is 0 Å². The molecule has 2 rings (SSSR count). The number of rotatable bonds is 3. The van der Waals surface area contributed by atoms with Gasteiger partial charge in [0.05, 0.1) is 11.1 Å². The van der Waals surface area contributed by atoms with Crippen LogP contribution in [0.25, 0.3) is 0 Å². The van der Waals surface area contributed by atoms with E-state index in [2.05, 4.69) is 0 Å². The van der Waals surface area contributed by atoms with Crippen LogP contribution in [0.3, 0.4) is 0 Å². The fraction of sp³-hybridized carbons (Fsp3) is 0.188. The van der Waals surface area contributed by atoms with E-state index in [0.29, 0.717) is 5.75 Å². The molecule has 0 heterocycles.